The first-order valence-corrected chi connectivity index (χ1v) is 11.7. The quantitative estimate of drug-likeness (QED) is 0.107. The summed E-state index contributed by atoms with van der Waals surface area (Å²) >= 11 is 0. The number of allylic oxidation sites excluding steroid dienone is 3. The number of rotatable bonds is 7. The summed E-state index contributed by atoms with van der Waals surface area (Å²) in [6, 6.07) is 8.10. The van der Waals surface area contributed by atoms with Crippen molar-refractivity contribution >= 4 is 17.9 Å². The predicted molar refractivity (Wildman–Crippen MR) is 128 cm³/mol. The third kappa shape index (κ3) is 4.61. The van der Waals surface area contributed by atoms with Gasteiger partial charge in [0.15, 0.2) is 17.5 Å². The van der Waals surface area contributed by atoms with Crippen LogP contribution in [-0.2, 0) is 11.5 Å². The van der Waals surface area contributed by atoms with Gasteiger partial charge in [-0.15, -0.1) is 0 Å². The second-order valence-corrected chi connectivity index (χ2v) is 9.52. The standard InChI is InChI=1S/C29H20F7NO/c30-22-12-20(28-7-5-16(14-28)6-8-28)13-23(31)26(22)29(35,36)38-21-3-1-18(2-4-21)19(15-37)9-17-10-24(32)27(34)25(33)11-17/h1-5,7,9-13,15-16,37H,6,8,14H2/b19-9+,37-15?/t16?,28-/m1/s1. The second kappa shape index (κ2) is 9.45. The molecule has 38 heavy (non-hydrogen) atoms. The summed E-state index contributed by atoms with van der Waals surface area (Å²) in [5.74, 6) is -7.36. The zero-order valence-electron chi connectivity index (χ0n) is 19.7. The van der Waals surface area contributed by atoms with Gasteiger partial charge in [0.05, 0.1) is 0 Å². The van der Waals surface area contributed by atoms with E-state index >= 15 is 0 Å². The van der Waals surface area contributed by atoms with Gasteiger partial charge in [-0.2, -0.15) is 8.78 Å². The van der Waals surface area contributed by atoms with Gasteiger partial charge in [-0.3, -0.25) is 0 Å². The molecule has 2 aliphatic rings. The van der Waals surface area contributed by atoms with Crippen molar-refractivity contribution in [1.82, 2.24) is 0 Å². The highest BCUT2D eigenvalue weighted by Crippen LogP contribution is 2.51. The van der Waals surface area contributed by atoms with Crippen LogP contribution < -0.4 is 4.74 Å². The fraction of sp³-hybridized carbons (Fsp3) is 0.207. The van der Waals surface area contributed by atoms with Crippen LogP contribution in [0.2, 0.25) is 0 Å². The maximum absolute atomic E-state index is 14.9. The van der Waals surface area contributed by atoms with Gasteiger partial charge in [-0.1, -0.05) is 24.3 Å². The van der Waals surface area contributed by atoms with Crippen LogP contribution in [0.4, 0.5) is 30.7 Å². The molecule has 1 unspecified atom stereocenters. The monoisotopic (exact) mass is 531 g/mol. The number of hydrogen-bond donors (Lipinski definition) is 1. The Hall–Kier alpha value is -3.88. The molecule has 1 N–H and O–H groups in total. The molecule has 3 aromatic carbocycles. The van der Waals surface area contributed by atoms with Crippen molar-refractivity contribution in [3.63, 3.8) is 0 Å². The summed E-state index contributed by atoms with van der Waals surface area (Å²) in [4.78, 5) is 0. The fourth-order valence-electron chi connectivity index (χ4n) is 5.21. The van der Waals surface area contributed by atoms with Crippen molar-refractivity contribution in [3.05, 3.63) is 112 Å². The van der Waals surface area contributed by atoms with Crippen LogP contribution in [0.5, 0.6) is 5.75 Å². The number of ether oxygens (including phenoxy) is 1. The highest BCUT2D eigenvalue weighted by molar-refractivity contribution is 6.14. The van der Waals surface area contributed by atoms with Crippen LogP contribution in [0.25, 0.3) is 11.6 Å². The zero-order valence-corrected chi connectivity index (χ0v) is 19.7. The van der Waals surface area contributed by atoms with E-state index < -0.39 is 51.9 Å². The predicted octanol–water partition coefficient (Wildman–Crippen LogP) is 8.31. The number of benzene rings is 3. The molecular formula is C29H20F7NO. The molecule has 0 aromatic heterocycles. The number of halogens is 7. The lowest BCUT2D eigenvalue weighted by atomic mass is 9.80. The third-order valence-corrected chi connectivity index (χ3v) is 7.10. The Labute approximate surface area is 213 Å². The fourth-order valence-corrected chi connectivity index (χ4v) is 5.21. The van der Waals surface area contributed by atoms with Crippen LogP contribution in [0.3, 0.4) is 0 Å². The van der Waals surface area contributed by atoms with E-state index in [1.165, 1.54) is 18.2 Å². The van der Waals surface area contributed by atoms with E-state index in [4.69, 9.17) is 5.41 Å². The molecular weight excluding hydrogens is 511 g/mol. The van der Waals surface area contributed by atoms with E-state index in [2.05, 4.69) is 4.74 Å². The summed E-state index contributed by atoms with van der Waals surface area (Å²) in [6.45, 7) is 0. The van der Waals surface area contributed by atoms with Crippen molar-refractivity contribution < 1.29 is 35.5 Å². The molecule has 0 saturated heterocycles. The molecule has 2 atom stereocenters. The molecule has 0 heterocycles. The molecule has 2 bridgehead atoms. The Morgan fingerprint density at radius 3 is 2.05 bits per heavy atom. The van der Waals surface area contributed by atoms with E-state index in [0.717, 1.165) is 49.0 Å². The van der Waals surface area contributed by atoms with Gasteiger partial charge in [0.1, 0.15) is 22.9 Å². The first-order valence-electron chi connectivity index (χ1n) is 11.7. The van der Waals surface area contributed by atoms with Gasteiger partial charge < -0.3 is 10.1 Å². The number of hydrogen-bond acceptors (Lipinski definition) is 2. The average Bonchev–Trinajstić information content (AvgIpc) is 3.48. The van der Waals surface area contributed by atoms with Crippen LogP contribution in [-0.4, -0.2) is 6.21 Å². The van der Waals surface area contributed by atoms with Crippen molar-refractivity contribution in [1.29, 1.82) is 5.41 Å². The minimum Gasteiger partial charge on any atom is -0.429 e. The topological polar surface area (TPSA) is 33.1 Å². The van der Waals surface area contributed by atoms with Gasteiger partial charge in [-0.05, 0) is 89.9 Å². The third-order valence-electron chi connectivity index (χ3n) is 7.10. The van der Waals surface area contributed by atoms with E-state index in [9.17, 15) is 30.7 Å². The normalized spacial score (nSPS) is 20.7. The minimum absolute atomic E-state index is 0.0677. The van der Waals surface area contributed by atoms with Gasteiger partial charge in [-0.25, -0.2) is 22.0 Å². The first-order chi connectivity index (χ1) is 18.0. The first kappa shape index (κ1) is 25.8. The molecule has 0 amide bonds. The van der Waals surface area contributed by atoms with E-state index in [1.807, 2.05) is 12.2 Å². The lowest BCUT2D eigenvalue weighted by Gasteiger charge is -2.26. The maximum atomic E-state index is 14.9. The Morgan fingerprint density at radius 2 is 1.55 bits per heavy atom. The van der Waals surface area contributed by atoms with Crippen LogP contribution in [0.1, 0.15) is 41.5 Å². The molecule has 1 saturated carbocycles. The van der Waals surface area contributed by atoms with Crippen molar-refractivity contribution in [2.24, 2.45) is 5.92 Å². The van der Waals surface area contributed by atoms with E-state index in [-0.39, 0.29) is 16.7 Å². The largest absolute Gasteiger partial charge is 0.432 e. The van der Waals surface area contributed by atoms with Gasteiger partial charge in [0, 0.05) is 11.6 Å². The average molecular weight is 531 g/mol. The van der Waals surface area contributed by atoms with Gasteiger partial charge >= 0.3 is 6.11 Å². The molecule has 5 rings (SSSR count). The van der Waals surface area contributed by atoms with Crippen molar-refractivity contribution in [3.8, 4) is 5.75 Å². The lowest BCUT2D eigenvalue weighted by Crippen LogP contribution is -2.26. The van der Waals surface area contributed by atoms with E-state index in [1.54, 1.807) is 0 Å². The summed E-state index contributed by atoms with van der Waals surface area (Å²) in [5.41, 5.74) is -1.39. The summed E-state index contributed by atoms with van der Waals surface area (Å²) in [7, 11) is 0. The highest BCUT2D eigenvalue weighted by atomic mass is 19.3. The molecule has 196 valence electrons. The van der Waals surface area contributed by atoms with Crippen LogP contribution in [0, 0.1) is 40.4 Å². The van der Waals surface area contributed by atoms with Crippen LogP contribution >= 0.6 is 0 Å². The highest BCUT2D eigenvalue weighted by Gasteiger charge is 2.45. The van der Waals surface area contributed by atoms with Gasteiger partial charge in [0.2, 0.25) is 0 Å². The molecule has 9 heteroatoms. The summed E-state index contributed by atoms with van der Waals surface area (Å²) in [6.07, 6.45) is 3.87. The Kier molecular flexibility index (Phi) is 6.41. The summed E-state index contributed by atoms with van der Waals surface area (Å²) in [5, 5.41) is 7.57. The molecule has 0 spiro atoms. The minimum atomic E-state index is -4.33. The Morgan fingerprint density at radius 1 is 0.921 bits per heavy atom. The Bertz CT molecular complexity index is 1430. The molecule has 2 nitrogen and oxygen atoms in total. The zero-order chi connectivity index (χ0) is 27.2. The molecule has 0 aliphatic heterocycles. The molecule has 3 aromatic rings. The lowest BCUT2D eigenvalue weighted by molar-refractivity contribution is -0.189. The molecule has 2 aliphatic carbocycles. The molecule has 0 radical (unpaired) electrons. The van der Waals surface area contributed by atoms with Crippen molar-refractivity contribution in [2.75, 3.05) is 0 Å². The van der Waals surface area contributed by atoms with E-state index in [0.29, 0.717) is 24.3 Å². The second-order valence-electron chi connectivity index (χ2n) is 9.52. The maximum Gasteiger partial charge on any atom is 0.432 e. The SMILES string of the molecule is N=C/C(=C\c1cc(F)c(F)c(F)c1)c1ccc(OC(F)(F)c2c(F)cc([C@]34C=CC(CC3)C4)cc2F)cc1. The number of nitrogens with one attached hydrogen (secondary N) is 1. The van der Waals surface area contributed by atoms with Crippen LogP contribution in [0.15, 0.2) is 60.7 Å². The van der Waals surface area contributed by atoms with Crippen molar-refractivity contribution in [2.45, 2.75) is 30.8 Å². The number of alkyl halides is 2. The van der Waals surface area contributed by atoms with Gasteiger partial charge in [0.25, 0.3) is 0 Å². The smallest absolute Gasteiger partial charge is 0.429 e. The summed E-state index contributed by atoms with van der Waals surface area (Å²) < 4.78 is 104. The molecule has 1 fully saturated rings. The Balaban J connectivity index is 1.38. The number of fused-ring (bicyclic) bond motifs is 2.